The van der Waals surface area contributed by atoms with Gasteiger partial charge in [-0.15, -0.1) is 0 Å². The molecule has 13 heavy (non-hydrogen) atoms. The molecular weight excluding hydrogens is 166 g/mol. The first kappa shape index (κ1) is 7.79. The van der Waals surface area contributed by atoms with Crippen molar-refractivity contribution in [1.82, 2.24) is 9.97 Å². The average Bonchev–Trinajstić information content (AvgIpc) is 2.48. The zero-order valence-electron chi connectivity index (χ0n) is 7.16. The molecule has 4 nitrogen and oxygen atoms in total. The van der Waals surface area contributed by atoms with Crippen molar-refractivity contribution < 1.29 is 4.79 Å². The molecule has 2 N–H and O–H groups in total. The highest BCUT2D eigenvalue weighted by Crippen LogP contribution is 2.19. The summed E-state index contributed by atoms with van der Waals surface area (Å²) in [6.45, 7) is 1.47. The summed E-state index contributed by atoms with van der Waals surface area (Å²) in [5.74, 6) is -0.0912. The number of fused-ring (bicyclic) bond motifs is 1. The highest BCUT2D eigenvalue weighted by atomic mass is 16.1. The second-order valence-electron chi connectivity index (χ2n) is 2.78. The van der Waals surface area contributed by atoms with E-state index >= 15 is 0 Å². The zero-order valence-corrected chi connectivity index (χ0v) is 7.16. The van der Waals surface area contributed by atoms with Crippen LogP contribution < -0.4 is 5.32 Å². The summed E-state index contributed by atoms with van der Waals surface area (Å²) in [4.78, 5) is 18.0. The maximum atomic E-state index is 10.8. The molecule has 2 rings (SSSR count). The number of anilines is 1. The van der Waals surface area contributed by atoms with E-state index in [0.717, 1.165) is 16.7 Å². The van der Waals surface area contributed by atoms with Crippen LogP contribution in [0.3, 0.4) is 0 Å². The van der Waals surface area contributed by atoms with Crippen LogP contribution in [0.1, 0.15) is 6.92 Å². The molecule has 0 unspecified atom stereocenters. The van der Waals surface area contributed by atoms with Gasteiger partial charge < -0.3 is 10.3 Å². The largest absolute Gasteiger partial charge is 0.358 e. The first-order valence-corrected chi connectivity index (χ1v) is 3.97. The minimum Gasteiger partial charge on any atom is -0.358 e. The summed E-state index contributed by atoms with van der Waals surface area (Å²) in [5, 5.41) is 2.70. The number of carbonyl (C=O) groups excluding carboxylic acids is 1. The average molecular weight is 175 g/mol. The van der Waals surface area contributed by atoms with Crippen LogP contribution in [-0.4, -0.2) is 15.9 Å². The van der Waals surface area contributed by atoms with Crippen molar-refractivity contribution in [3.05, 3.63) is 24.5 Å². The number of carbonyl (C=O) groups is 1. The van der Waals surface area contributed by atoms with Crippen LogP contribution in [0.5, 0.6) is 0 Å². The third kappa shape index (κ3) is 1.38. The van der Waals surface area contributed by atoms with E-state index in [1.807, 2.05) is 12.1 Å². The van der Waals surface area contributed by atoms with Crippen LogP contribution in [0.2, 0.25) is 0 Å². The number of rotatable bonds is 1. The van der Waals surface area contributed by atoms with E-state index in [2.05, 4.69) is 15.3 Å². The molecule has 2 aromatic rings. The standard InChI is InChI=1S/C9H9N3O/c1-6(13)12-8-5-11-7-3-2-4-10-9(7)8/h2-5,11H,1H3,(H,12,13). The SMILES string of the molecule is CC(=O)Nc1c[nH]c2cccnc12. The molecule has 0 aliphatic carbocycles. The Labute approximate surface area is 75.0 Å². The van der Waals surface area contributed by atoms with Gasteiger partial charge in [0, 0.05) is 19.3 Å². The smallest absolute Gasteiger partial charge is 0.221 e. The van der Waals surface area contributed by atoms with Gasteiger partial charge in [0.25, 0.3) is 0 Å². The van der Waals surface area contributed by atoms with Crippen LogP contribution >= 0.6 is 0 Å². The predicted octanol–water partition coefficient (Wildman–Crippen LogP) is 1.52. The van der Waals surface area contributed by atoms with E-state index in [4.69, 9.17) is 0 Å². The number of nitrogens with one attached hydrogen (secondary N) is 2. The van der Waals surface area contributed by atoms with Crippen molar-refractivity contribution in [1.29, 1.82) is 0 Å². The Hall–Kier alpha value is -1.84. The number of nitrogens with zero attached hydrogens (tertiary/aromatic N) is 1. The minimum absolute atomic E-state index is 0.0912. The minimum atomic E-state index is -0.0912. The molecular formula is C9H9N3O. The molecule has 0 saturated carbocycles. The number of aromatic nitrogens is 2. The monoisotopic (exact) mass is 175 g/mol. The second kappa shape index (κ2) is 2.90. The van der Waals surface area contributed by atoms with E-state index in [9.17, 15) is 4.79 Å². The van der Waals surface area contributed by atoms with E-state index in [0.29, 0.717) is 0 Å². The van der Waals surface area contributed by atoms with Crippen molar-refractivity contribution in [2.45, 2.75) is 6.92 Å². The van der Waals surface area contributed by atoms with Gasteiger partial charge in [0.05, 0.1) is 11.2 Å². The topological polar surface area (TPSA) is 57.8 Å². The Morgan fingerprint density at radius 2 is 2.46 bits per heavy atom. The third-order valence-corrected chi connectivity index (χ3v) is 1.75. The number of aromatic amines is 1. The fraction of sp³-hybridized carbons (Fsp3) is 0.111. The molecule has 66 valence electrons. The van der Waals surface area contributed by atoms with Crippen molar-refractivity contribution in [2.75, 3.05) is 5.32 Å². The zero-order chi connectivity index (χ0) is 9.26. The molecule has 0 bridgehead atoms. The molecule has 0 radical (unpaired) electrons. The summed E-state index contributed by atoms with van der Waals surface area (Å²) in [5.41, 5.74) is 2.44. The van der Waals surface area contributed by atoms with Crippen LogP contribution in [0, 0.1) is 0 Å². The predicted molar refractivity (Wildman–Crippen MR) is 50.4 cm³/mol. The molecule has 0 aliphatic rings. The fourth-order valence-electron chi connectivity index (χ4n) is 1.24. The number of hydrogen-bond donors (Lipinski definition) is 2. The maximum Gasteiger partial charge on any atom is 0.221 e. The van der Waals surface area contributed by atoms with E-state index < -0.39 is 0 Å². The summed E-state index contributed by atoms with van der Waals surface area (Å²) in [6, 6.07) is 3.75. The number of amides is 1. The molecule has 0 atom stereocenters. The highest BCUT2D eigenvalue weighted by molar-refractivity contribution is 5.98. The normalized spacial score (nSPS) is 10.2. The molecule has 4 heteroatoms. The third-order valence-electron chi connectivity index (χ3n) is 1.75. The van der Waals surface area contributed by atoms with Gasteiger partial charge in [0.1, 0.15) is 5.52 Å². The highest BCUT2D eigenvalue weighted by Gasteiger charge is 2.04. The summed E-state index contributed by atoms with van der Waals surface area (Å²) in [6.07, 6.45) is 3.43. The lowest BCUT2D eigenvalue weighted by atomic mass is 10.3. The number of pyridine rings is 1. The van der Waals surface area contributed by atoms with Crippen molar-refractivity contribution in [3.63, 3.8) is 0 Å². The number of hydrogen-bond acceptors (Lipinski definition) is 2. The van der Waals surface area contributed by atoms with Crippen molar-refractivity contribution in [2.24, 2.45) is 0 Å². The Kier molecular flexibility index (Phi) is 1.73. The molecule has 0 spiro atoms. The van der Waals surface area contributed by atoms with Gasteiger partial charge in [0.15, 0.2) is 0 Å². The lowest BCUT2D eigenvalue weighted by Gasteiger charge is -1.96. The van der Waals surface area contributed by atoms with E-state index in [1.165, 1.54) is 6.92 Å². The molecule has 0 saturated heterocycles. The van der Waals surface area contributed by atoms with Crippen LogP contribution in [0.15, 0.2) is 24.5 Å². The summed E-state index contributed by atoms with van der Waals surface area (Å²) < 4.78 is 0. The van der Waals surface area contributed by atoms with Gasteiger partial charge >= 0.3 is 0 Å². The number of H-pyrrole nitrogens is 1. The van der Waals surface area contributed by atoms with E-state index in [1.54, 1.807) is 12.4 Å². The Bertz CT molecular complexity index is 447. The Morgan fingerprint density at radius 1 is 1.62 bits per heavy atom. The van der Waals surface area contributed by atoms with E-state index in [-0.39, 0.29) is 5.91 Å². The van der Waals surface area contributed by atoms with Gasteiger partial charge in [-0.2, -0.15) is 0 Å². The quantitative estimate of drug-likeness (QED) is 0.690. The van der Waals surface area contributed by atoms with Crippen molar-refractivity contribution >= 4 is 22.6 Å². The summed E-state index contributed by atoms with van der Waals surface area (Å²) in [7, 11) is 0. The maximum absolute atomic E-state index is 10.8. The first-order chi connectivity index (χ1) is 6.27. The van der Waals surface area contributed by atoms with Crippen molar-refractivity contribution in [3.8, 4) is 0 Å². The van der Waals surface area contributed by atoms with Crippen LogP contribution in [0.4, 0.5) is 5.69 Å². The molecule has 2 aromatic heterocycles. The van der Waals surface area contributed by atoms with Gasteiger partial charge in [-0.05, 0) is 12.1 Å². The molecule has 0 aliphatic heterocycles. The lowest BCUT2D eigenvalue weighted by molar-refractivity contribution is -0.114. The van der Waals surface area contributed by atoms with Crippen LogP contribution in [0.25, 0.3) is 11.0 Å². The lowest BCUT2D eigenvalue weighted by Crippen LogP contribution is -2.05. The molecule has 1 amide bonds. The molecule has 0 aromatic carbocycles. The summed E-state index contributed by atoms with van der Waals surface area (Å²) >= 11 is 0. The second-order valence-corrected chi connectivity index (χ2v) is 2.78. The first-order valence-electron chi connectivity index (χ1n) is 3.97. The fourth-order valence-corrected chi connectivity index (χ4v) is 1.24. The Balaban J connectivity index is 2.51. The molecule has 2 heterocycles. The Morgan fingerprint density at radius 3 is 3.23 bits per heavy atom. The molecule has 0 fully saturated rings. The van der Waals surface area contributed by atoms with Crippen LogP contribution in [-0.2, 0) is 4.79 Å². The van der Waals surface area contributed by atoms with Gasteiger partial charge in [-0.3, -0.25) is 9.78 Å². The van der Waals surface area contributed by atoms with Gasteiger partial charge in [0.2, 0.25) is 5.91 Å². The van der Waals surface area contributed by atoms with Gasteiger partial charge in [-0.25, -0.2) is 0 Å². The van der Waals surface area contributed by atoms with Gasteiger partial charge in [-0.1, -0.05) is 0 Å².